The Labute approximate surface area is 58.0 Å². The van der Waals surface area contributed by atoms with Crippen molar-refractivity contribution in [1.29, 1.82) is 0 Å². The van der Waals surface area contributed by atoms with Gasteiger partial charge in [0.25, 0.3) is 0 Å². The largest absolute Gasteiger partial charge is 0.309 e. The van der Waals surface area contributed by atoms with Crippen molar-refractivity contribution in [2.75, 3.05) is 20.6 Å². The lowest BCUT2D eigenvalue weighted by Crippen LogP contribution is -2.20. The molecular weight excluding hydrogens is 110 g/mol. The smallest absolute Gasteiger partial charge is 0.00222 e. The van der Waals surface area contributed by atoms with Gasteiger partial charge >= 0.3 is 0 Å². The number of nitrogens with zero attached hydrogens (tertiary/aromatic N) is 1. The molecule has 0 aliphatic heterocycles. The van der Waals surface area contributed by atoms with Crippen molar-refractivity contribution in [2.45, 2.75) is 25.7 Å². The van der Waals surface area contributed by atoms with E-state index in [1.807, 2.05) is 0 Å². The van der Waals surface area contributed by atoms with Gasteiger partial charge in [0.2, 0.25) is 0 Å². The van der Waals surface area contributed by atoms with Crippen molar-refractivity contribution < 1.29 is 0 Å². The van der Waals surface area contributed by atoms with Crippen molar-refractivity contribution in [3.05, 3.63) is 0 Å². The van der Waals surface area contributed by atoms with E-state index in [9.17, 15) is 0 Å². The topological polar surface area (TPSA) is 3.24 Å². The molecule has 9 heavy (non-hydrogen) atoms. The van der Waals surface area contributed by atoms with Crippen LogP contribution in [0.2, 0.25) is 0 Å². The molecule has 1 fully saturated rings. The molecule has 0 amide bonds. The molecular formula is C8H17N. The van der Waals surface area contributed by atoms with E-state index in [1.54, 1.807) is 0 Å². The summed E-state index contributed by atoms with van der Waals surface area (Å²) < 4.78 is 0. The lowest BCUT2D eigenvalue weighted by molar-refractivity contribution is 0.258. The molecule has 0 aromatic heterocycles. The van der Waals surface area contributed by atoms with E-state index in [0.29, 0.717) is 0 Å². The van der Waals surface area contributed by atoms with Crippen molar-refractivity contribution in [2.24, 2.45) is 5.92 Å². The summed E-state index contributed by atoms with van der Waals surface area (Å²) in [5.41, 5.74) is 0. The second-order valence-corrected chi connectivity index (χ2v) is 3.39. The molecule has 1 saturated carbocycles. The first-order chi connectivity index (χ1) is 4.29. The molecule has 1 aliphatic rings. The van der Waals surface area contributed by atoms with Crippen LogP contribution in [0.3, 0.4) is 0 Å². The van der Waals surface area contributed by atoms with Gasteiger partial charge in [0, 0.05) is 0 Å². The van der Waals surface area contributed by atoms with E-state index in [0.717, 1.165) is 5.92 Å². The zero-order chi connectivity index (χ0) is 6.69. The maximum atomic E-state index is 2.28. The maximum Gasteiger partial charge on any atom is -0.00222 e. The Hall–Kier alpha value is -0.0400. The molecule has 0 bridgehead atoms. The Kier molecular flexibility index (Phi) is 2.52. The summed E-state index contributed by atoms with van der Waals surface area (Å²) in [7, 11) is 4.30. The average molecular weight is 127 g/mol. The fourth-order valence-corrected chi connectivity index (χ4v) is 1.22. The standard InChI is InChI=1S/C8H17N/c1-9(2)7-6-8-4-3-5-8/h8H,3-7H2,1-2H3. The SMILES string of the molecule is CN(C)CCC1CCC1. The molecule has 1 aliphatic carbocycles. The van der Waals surface area contributed by atoms with Crippen LogP contribution in [-0.2, 0) is 0 Å². The molecule has 0 spiro atoms. The van der Waals surface area contributed by atoms with Gasteiger partial charge in [-0.3, -0.25) is 0 Å². The van der Waals surface area contributed by atoms with Gasteiger partial charge in [-0.1, -0.05) is 19.3 Å². The normalized spacial score (nSPS) is 20.3. The van der Waals surface area contributed by atoms with Gasteiger partial charge in [0.15, 0.2) is 0 Å². The highest BCUT2D eigenvalue weighted by Gasteiger charge is 2.16. The fourth-order valence-electron chi connectivity index (χ4n) is 1.22. The van der Waals surface area contributed by atoms with Gasteiger partial charge in [0.05, 0.1) is 0 Å². The molecule has 1 heteroatoms. The minimum absolute atomic E-state index is 1.08. The molecule has 0 saturated heterocycles. The summed E-state index contributed by atoms with van der Waals surface area (Å²) in [6, 6.07) is 0. The van der Waals surface area contributed by atoms with E-state index in [-0.39, 0.29) is 0 Å². The third-order valence-corrected chi connectivity index (χ3v) is 2.21. The lowest BCUT2D eigenvalue weighted by Gasteiger charge is -2.26. The Balaban J connectivity index is 1.91. The fraction of sp³-hybridized carbons (Fsp3) is 1.00. The Bertz CT molecular complexity index is 74.6. The minimum Gasteiger partial charge on any atom is -0.309 e. The van der Waals surface area contributed by atoms with E-state index in [2.05, 4.69) is 19.0 Å². The van der Waals surface area contributed by atoms with E-state index >= 15 is 0 Å². The summed E-state index contributed by atoms with van der Waals surface area (Å²) in [6.45, 7) is 1.28. The predicted octanol–water partition coefficient (Wildman–Crippen LogP) is 1.74. The summed E-state index contributed by atoms with van der Waals surface area (Å²) in [6.07, 6.45) is 5.90. The molecule has 0 N–H and O–H groups in total. The first kappa shape index (κ1) is 7.07. The highest BCUT2D eigenvalue weighted by atomic mass is 15.0. The third-order valence-electron chi connectivity index (χ3n) is 2.21. The van der Waals surface area contributed by atoms with Crippen LogP contribution in [0, 0.1) is 5.92 Å². The van der Waals surface area contributed by atoms with Gasteiger partial charge in [-0.15, -0.1) is 0 Å². The molecule has 0 aromatic rings. The summed E-state index contributed by atoms with van der Waals surface area (Å²) in [5, 5.41) is 0. The van der Waals surface area contributed by atoms with Crippen LogP contribution in [0.4, 0.5) is 0 Å². The minimum atomic E-state index is 1.08. The Morgan fingerprint density at radius 3 is 2.33 bits per heavy atom. The van der Waals surface area contributed by atoms with Crippen LogP contribution < -0.4 is 0 Å². The average Bonchev–Trinajstić information content (AvgIpc) is 1.60. The van der Waals surface area contributed by atoms with Crippen LogP contribution in [0.15, 0.2) is 0 Å². The second-order valence-electron chi connectivity index (χ2n) is 3.39. The summed E-state index contributed by atoms with van der Waals surface area (Å²) in [5.74, 6) is 1.08. The molecule has 0 atom stereocenters. The summed E-state index contributed by atoms with van der Waals surface area (Å²) >= 11 is 0. The molecule has 1 nitrogen and oxygen atoms in total. The second kappa shape index (κ2) is 3.21. The predicted molar refractivity (Wildman–Crippen MR) is 40.5 cm³/mol. The molecule has 0 radical (unpaired) electrons. The van der Waals surface area contributed by atoms with Crippen molar-refractivity contribution >= 4 is 0 Å². The third kappa shape index (κ3) is 2.35. The van der Waals surface area contributed by atoms with Gasteiger partial charge < -0.3 is 4.90 Å². The number of rotatable bonds is 3. The molecule has 1 rings (SSSR count). The lowest BCUT2D eigenvalue weighted by atomic mass is 9.83. The van der Waals surface area contributed by atoms with Crippen molar-refractivity contribution in [1.82, 2.24) is 4.90 Å². The van der Waals surface area contributed by atoms with Gasteiger partial charge in [0.1, 0.15) is 0 Å². The monoisotopic (exact) mass is 127 g/mol. The zero-order valence-corrected chi connectivity index (χ0v) is 6.56. The molecule has 0 aromatic carbocycles. The number of hydrogen-bond acceptors (Lipinski definition) is 1. The van der Waals surface area contributed by atoms with E-state index in [4.69, 9.17) is 0 Å². The van der Waals surface area contributed by atoms with E-state index in [1.165, 1.54) is 32.2 Å². The Morgan fingerprint density at radius 1 is 1.33 bits per heavy atom. The first-order valence-corrected chi connectivity index (χ1v) is 3.94. The highest BCUT2D eigenvalue weighted by molar-refractivity contribution is 4.69. The molecule has 0 heterocycles. The number of hydrogen-bond donors (Lipinski definition) is 0. The maximum absolute atomic E-state index is 2.28. The Morgan fingerprint density at radius 2 is 2.00 bits per heavy atom. The van der Waals surface area contributed by atoms with Crippen LogP contribution in [-0.4, -0.2) is 25.5 Å². The quantitative estimate of drug-likeness (QED) is 0.558. The zero-order valence-electron chi connectivity index (χ0n) is 6.56. The first-order valence-electron chi connectivity index (χ1n) is 3.94. The van der Waals surface area contributed by atoms with Crippen LogP contribution in [0.25, 0.3) is 0 Å². The molecule has 0 unspecified atom stereocenters. The van der Waals surface area contributed by atoms with Crippen LogP contribution >= 0.6 is 0 Å². The van der Waals surface area contributed by atoms with Crippen LogP contribution in [0.1, 0.15) is 25.7 Å². The van der Waals surface area contributed by atoms with Crippen molar-refractivity contribution in [3.8, 4) is 0 Å². The van der Waals surface area contributed by atoms with Crippen molar-refractivity contribution in [3.63, 3.8) is 0 Å². The summed E-state index contributed by atoms with van der Waals surface area (Å²) in [4.78, 5) is 2.28. The van der Waals surface area contributed by atoms with E-state index < -0.39 is 0 Å². The highest BCUT2D eigenvalue weighted by Crippen LogP contribution is 2.28. The van der Waals surface area contributed by atoms with Gasteiger partial charge in [-0.2, -0.15) is 0 Å². The van der Waals surface area contributed by atoms with Gasteiger partial charge in [-0.25, -0.2) is 0 Å². The van der Waals surface area contributed by atoms with Crippen LogP contribution in [0.5, 0.6) is 0 Å². The molecule has 54 valence electrons. The van der Waals surface area contributed by atoms with Gasteiger partial charge in [-0.05, 0) is 33.0 Å².